The van der Waals surface area contributed by atoms with Crippen LogP contribution in [0.5, 0.6) is 5.75 Å². The highest BCUT2D eigenvalue weighted by molar-refractivity contribution is 5.84. The van der Waals surface area contributed by atoms with Gasteiger partial charge in [-0.05, 0) is 35.4 Å². The zero-order chi connectivity index (χ0) is 26.9. The van der Waals surface area contributed by atoms with Crippen molar-refractivity contribution in [3.63, 3.8) is 0 Å². The fraction of sp³-hybridized carbons (Fsp3) is 0.333. The summed E-state index contributed by atoms with van der Waals surface area (Å²) in [4.78, 5) is 24.6. The fourth-order valence-electron chi connectivity index (χ4n) is 5.19. The lowest BCUT2D eigenvalue weighted by atomic mass is 10.1. The summed E-state index contributed by atoms with van der Waals surface area (Å²) in [6.07, 6.45) is 1.81. The van der Waals surface area contributed by atoms with E-state index < -0.39 is 0 Å². The molecule has 6 nitrogen and oxygen atoms in total. The summed E-state index contributed by atoms with van der Waals surface area (Å²) in [6, 6.07) is 30.6. The topological polar surface area (TPSA) is 48.9 Å². The summed E-state index contributed by atoms with van der Waals surface area (Å²) in [6.45, 7) is 9.33. The van der Waals surface area contributed by atoms with Gasteiger partial charge in [0.25, 0.3) is 0 Å². The van der Waals surface area contributed by atoms with Gasteiger partial charge in [0, 0.05) is 63.3 Å². The van der Waals surface area contributed by atoms with Gasteiger partial charge in [-0.15, -0.1) is 0 Å². The van der Waals surface area contributed by atoms with E-state index in [4.69, 9.17) is 4.74 Å². The van der Waals surface area contributed by atoms with Gasteiger partial charge in [0.05, 0.1) is 18.7 Å². The molecule has 1 atom stereocenters. The van der Waals surface area contributed by atoms with Crippen LogP contribution in [0.25, 0.3) is 10.9 Å². The smallest absolute Gasteiger partial charge is 0.237 e. The van der Waals surface area contributed by atoms with Gasteiger partial charge in [-0.2, -0.15) is 0 Å². The molecule has 4 aromatic rings. The Kier molecular flexibility index (Phi) is 9.20. The largest absolute Gasteiger partial charge is 0.493 e. The van der Waals surface area contributed by atoms with Gasteiger partial charge < -0.3 is 14.5 Å². The minimum Gasteiger partial charge on any atom is -0.493 e. The molecule has 6 heteroatoms. The summed E-state index contributed by atoms with van der Waals surface area (Å²) in [5.41, 5.74) is 3.27. The van der Waals surface area contributed by atoms with E-state index in [2.05, 4.69) is 52.0 Å². The molecule has 0 aliphatic carbocycles. The second-order valence-electron chi connectivity index (χ2n) is 10.5. The number of carbonyl (C=O) groups excluding carboxylic acids is 1. The van der Waals surface area contributed by atoms with Crippen LogP contribution in [0.15, 0.2) is 97.2 Å². The van der Waals surface area contributed by atoms with E-state index in [1.807, 2.05) is 71.8 Å². The van der Waals surface area contributed by atoms with Crippen LogP contribution in [0.4, 0.5) is 0 Å². The highest BCUT2D eigenvalue weighted by atomic mass is 16.5. The van der Waals surface area contributed by atoms with Gasteiger partial charge >= 0.3 is 0 Å². The summed E-state index contributed by atoms with van der Waals surface area (Å²) >= 11 is 0. The number of benzene rings is 3. The molecule has 5 rings (SSSR count). The monoisotopic (exact) mass is 522 g/mol. The van der Waals surface area contributed by atoms with Crippen molar-refractivity contribution in [1.82, 2.24) is 19.7 Å². The predicted molar refractivity (Wildman–Crippen MR) is 156 cm³/mol. The number of carbonyl (C=O) groups is 1. The van der Waals surface area contributed by atoms with Crippen molar-refractivity contribution in [3.8, 4) is 5.75 Å². The van der Waals surface area contributed by atoms with Crippen molar-refractivity contribution in [2.45, 2.75) is 20.0 Å². The zero-order valence-electron chi connectivity index (χ0n) is 22.8. The highest BCUT2D eigenvalue weighted by Crippen LogP contribution is 2.24. The number of hydrogen-bond acceptors (Lipinski definition) is 5. The molecule has 1 amide bonds. The number of rotatable bonds is 11. The minimum atomic E-state index is 0.183. The molecule has 39 heavy (non-hydrogen) atoms. The van der Waals surface area contributed by atoms with Crippen LogP contribution in [-0.2, 0) is 17.9 Å². The van der Waals surface area contributed by atoms with E-state index in [0.717, 1.165) is 60.5 Å². The van der Waals surface area contributed by atoms with Crippen molar-refractivity contribution in [3.05, 3.63) is 108 Å². The Morgan fingerprint density at radius 2 is 1.46 bits per heavy atom. The van der Waals surface area contributed by atoms with Crippen LogP contribution in [0.3, 0.4) is 0 Å². The van der Waals surface area contributed by atoms with Gasteiger partial charge in [-0.1, -0.05) is 73.7 Å². The first-order chi connectivity index (χ1) is 19.1. The normalized spacial score (nSPS) is 15.2. The maximum atomic E-state index is 13.4. The van der Waals surface area contributed by atoms with Crippen molar-refractivity contribution in [2.75, 3.05) is 45.9 Å². The third-order valence-corrected chi connectivity index (χ3v) is 7.31. The van der Waals surface area contributed by atoms with E-state index in [1.165, 1.54) is 0 Å². The first-order valence-electron chi connectivity index (χ1n) is 13.9. The van der Waals surface area contributed by atoms with Crippen molar-refractivity contribution in [1.29, 1.82) is 0 Å². The molecule has 0 radical (unpaired) electrons. The quantitative estimate of drug-likeness (QED) is 0.274. The second kappa shape index (κ2) is 13.4. The Labute approximate surface area is 231 Å². The van der Waals surface area contributed by atoms with Crippen LogP contribution >= 0.6 is 0 Å². The predicted octanol–water partition coefficient (Wildman–Crippen LogP) is 5.10. The molecule has 3 aromatic carbocycles. The Morgan fingerprint density at radius 3 is 2.13 bits per heavy atom. The molecule has 0 saturated carbocycles. The summed E-state index contributed by atoms with van der Waals surface area (Å²) in [5.74, 6) is 1.48. The third kappa shape index (κ3) is 7.65. The number of piperazine rings is 1. The molecule has 2 heterocycles. The van der Waals surface area contributed by atoms with Gasteiger partial charge in [-0.25, -0.2) is 0 Å². The molecule has 0 spiro atoms. The van der Waals surface area contributed by atoms with Crippen molar-refractivity contribution < 1.29 is 9.53 Å². The van der Waals surface area contributed by atoms with Crippen molar-refractivity contribution >= 4 is 16.8 Å². The Morgan fingerprint density at radius 1 is 0.821 bits per heavy atom. The molecular formula is C33H38N4O2. The number of ether oxygens (including phenoxy) is 1. The van der Waals surface area contributed by atoms with Crippen LogP contribution in [-0.4, -0.2) is 71.5 Å². The summed E-state index contributed by atoms with van der Waals surface area (Å²) in [5, 5.41) is 1.05. The lowest BCUT2D eigenvalue weighted by Gasteiger charge is -2.36. The Hall–Kier alpha value is -3.74. The van der Waals surface area contributed by atoms with Crippen molar-refractivity contribution in [2.24, 2.45) is 5.92 Å². The SMILES string of the molecule is C[C@@H](COc1cccc2ncccc12)CN1CCN(CC(=O)N(Cc2ccccc2)Cc2ccccc2)CC1. The molecule has 202 valence electrons. The molecule has 0 N–H and O–H groups in total. The maximum absolute atomic E-state index is 13.4. The molecule has 1 aliphatic rings. The van der Waals surface area contributed by atoms with E-state index in [-0.39, 0.29) is 5.91 Å². The standard InChI is InChI=1S/C33H38N4O2/c1-27(26-39-32-16-8-15-31-30(32)14-9-17-34-31)22-35-18-20-36(21-19-35)25-33(38)37(23-28-10-4-2-5-11-28)24-29-12-6-3-7-13-29/h2-17,27H,18-26H2,1H3/t27-/m1/s1. The highest BCUT2D eigenvalue weighted by Gasteiger charge is 2.23. The third-order valence-electron chi connectivity index (χ3n) is 7.31. The molecule has 0 bridgehead atoms. The van der Waals surface area contributed by atoms with Crippen LogP contribution in [0, 0.1) is 5.92 Å². The Bertz CT molecular complexity index is 1280. The average Bonchev–Trinajstić information content (AvgIpc) is 2.98. The van der Waals surface area contributed by atoms with E-state index in [0.29, 0.717) is 32.2 Å². The first kappa shape index (κ1) is 26.9. The average molecular weight is 523 g/mol. The summed E-state index contributed by atoms with van der Waals surface area (Å²) in [7, 11) is 0. The van der Waals surface area contributed by atoms with Gasteiger partial charge in [0.2, 0.25) is 5.91 Å². The number of fused-ring (bicyclic) bond motifs is 1. The van der Waals surface area contributed by atoms with E-state index in [1.54, 1.807) is 0 Å². The zero-order valence-corrected chi connectivity index (χ0v) is 22.8. The van der Waals surface area contributed by atoms with Gasteiger partial charge in [-0.3, -0.25) is 14.7 Å². The molecule has 0 unspecified atom stereocenters. The molecule has 1 saturated heterocycles. The number of pyridine rings is 1. The first-order valence-corrected chi connectivity index (χ1v) is 13.9. The number of nitrogens with zero attached hydrogens (tertiary/aromatic N) is 4. The number of aromatic nitrogens is 1. The fourth-order valence-corrected chi connectivity index (χ4v) is 5.19. The minimum absolute atomic E-state index is 0.183. The molecule has 1 aliphatic heterocycles. The molecule has 1 aromatic heterocycles. The maximum Gasteiger partial charge on any atom is 0.237 e. The van der Waals surface area contributed by atoms with Crippen LogP contribution in [0.2, 0.25) is 0 Å². The lowest BCUT2D eigenvalue weighted by molar-refractivity contribution is -0.134. The second-order valence-corrected chi connectivity index (χ2v) is 10.5. The van der Waals surface area contributed by atoms with Crippen LogP contribution in [0.1, 0.15) is 18.1 Å². The van der Waals surface area contributed by atoms with E-state index in [9.17, 15) is 4.79 Å². The lowest BCUT2D eigenvalue weighted by Crippen LogP contribution is -2.50. The summed E-state index contributed by atoms with van der Waals surface area (Å²) < 4.78 is 6.19. The molecule has 1 fully saturated rings. The number of hydrogen-bond donors (Lipinski definition) is 0. The van der Waals surface area contributed by atoms with Gasteiger partial charge in [0.15, 0.2) is 0 Å². The molecular weight excluding hydrogens is 484 g/mol. The van der Waals surface area contributed by atoms with E-state index >= 15 is 0 Å². The van der Waals surface area contributed by atoms with Gasteiger partial charge in [0.1, 0.15) is 5.75 Å². The number of amides is 1. The Balaban J connectivity index is 1.10. The van der Waals surface area contributed by atoms with Crippen LogP contribution < -0.4 is 4.74 Å².